The van der Waals surface area contributed by atoms with E-state index < -0.39 is 30.2 Å². The number of nitrogens with one attached hydrogen (secondary N) is 1. The predicted octanol–water partition coefficient (Wildman–Crippen LogP) is 3.39. The van der Waals surface area contributed by atoms with Gasteiger partial charge in [-0.05, 0) is 30.3 Å². The highest BCUT2D eigenvalue weighted by Crippen LogP contribution is 2.20. The second kappa shape index (κ2) is 9.34. The SMILES string of the molecule is CN(CC(=O)Nc1ccccc1Cl)C(=O)COC(=O)c1cc(Cl)ccc1F. The maximum Gasteiger partial charge on any atom is 0.341 e. The summed E-state index contributed by atoms with van der Waals surface area (Å²) in [5.41, 5.74) is 0.0299. The molecule has 2 rings (SSSR count). The average Bonchev–Trinajstić information content (AvgIpc) is 2.63. The second-order valence-electron chi connectivity index (χ2n) is 5.48. The van der Waals surface area contributed by atoms with Crippen LogP contribution < -0.4 is 5.32 Å². The first kappa shape index (κ1) is 20.7. The Morgan fingerprint density at radius 3 is 2.56 bits per heavy atom. The van der Waals surface area contributed by atoms with Gasteiger partial charge in [-0.25, -0.2) is 9.18 Å². The first-order valence-corrected chi connectivity index (χ1v) is 8.44. The van der Waals surface area contributed by atoms with Gasteiger partial charge >= 0.3 is 5.97 Å². The molecule has 0 bridgehead atoms. The third-order valence-corrected chi connectivity index (χ3v) is 3.99. The molecule has 1 N–H and O–H groups in total. The van der Waals surface area contributed by atoms with Crippen LogP contribution in [0.5, 0.6) is 0 Å². The van der Waals surface area contributed by atoms with Crippen molar-refractivity contribution in [2.24, 2.45) is 0 Å². The van der Waals surface area contributed by atoms with Crippen LogP contribution in [-0.4, -0.2) is 42.9 Å². The van der Waals surface area contributed by atoms with Gasteiger partial charge in [-0.3, -0.25) is 9.59 Å². The number of hydrogen-bond acceptors (Lipinski definition) is 4. The van der Waals surface area contributed by atoms with Crippen molar-refractivity contribution in [3.05, 3.63) is 63.9 Å². The number of benzene rings is 2. The Kier molecular flexibility index (Phi) is 7.15. The van der Waals surface area contributed by atoms with Crippen molar-refractivity contribution in [2.45, 2.75) is 0 Å². The molecule has 6 nitrogen and oxygen atoms in total. The van der Waals surface area contributed by atoms with E-state index in [-0.39, 0.29) is 17.1 Å². The number of likely N-dealkylation sites (N-methyl/N-ethyl adjacent to an activating group) is 1. The molecule has 0 saturated heterocycles. The molecule has 0 spiro atoms. The number of nitrogens with zero attached hydrogens (tertiary/aromatic N) is 1. The lowest BCUT2D eigenvalue weighted by atomic mass is 10.2. The molecule has 0 aliphatic rings. The standard InChI is InChI=1S/C18H15Cl2FN2O4/c1-23(9-16(24)22-15-5-3-2-4-13(15)20)17(25)10-27-18(26)12-8-11(19)6-7-14(12)21/h2-8H,9-10H2,1H3,(H,22,24). The minimum Gasteiger partial charge on any atom is -0.452 e. The minimum atomic E-state index is -1.03. The summed E-state index contributed by atoms with van der Waals surface area (Å²) in [5.74, 6) is -2.96. The van der Waals surface area contributed by atoms with Crippen LogP contribution in [0.15, 0.2) is 42.5 Å². The van der Waals surface area contributed by atoms with Gasteiger partial charge in [-0.1, -0.05) is 35.3 Å². The number of anilines is 1. The molecule has 0 unspecified atom stereocenters. The van der Waals surface area contributed by atoms with E-state index in [2.05, 4.69) is 5.32 Å². The van der Waals surface area contributed by atoms with E-state index in [0.29, 0.717) is 10.7 Å². The molecule has 142 valence electrons. The van der Waals surface area contributed by atoms with Crippen LogP contribution in [0.1, 0.15) is 10.4 Å². The van der Waals surface area contributed by atoms with Crippen LogP contribution in [0.25, 0.3) is 0 Å². The van der Waals surface area contributed by atoms with Crippen molar-refractivity contribution >= 4 is 46.7 Å². The summed E-state index contributed by atoms with van der Waals surface area (Å²) in [6.45, 7) is -0.937. The molecule has 0 aliphatic heterocycles. The third-order valence-electron chi connectivity index (χ3n) is 3.43. The van der Waals surface area contributed by atoms with Gasteiger partial charge in [-0.15, -0.1) is 0 Å². The van der Waals surface area contributed by atoms with E-state index in [4.69, 9.17) is 27.9 Å². The molecule has 2 aromatic carbocycles. The van der Waals surface area contributed by atoms with Crippen LogP contribution in [-0.2, 0) is 14.3 Å². The van der Waals surface area contributed by atoms with Crippen LogP contribution in [0.4, 0.5) is 10.1 Å². The monoisotopic (exact) mass is 412 g/mol. The fourth-order valence-corrected chi connectivity index (χ4v) is 2.38. The van der Waals surface area contributed by atoms with Crippen molar-refractivity contribution in [1.82, 2.24) is 4.90 Å². The Hall–Kier alpha value is -2.64. The quantitative estimate of drug-likeness (QED) is 0.737. The second-order valence-corrected chi connectivity index (χ2v) is 6.32. The Balaban J connectivity index is 1.86. The normalized spacial score (nSPS) is 10.2. The van der Waals surface area contributed by atoms with Gasteiger partial charge < -0.3 is 15.0 Å². The van der Waals surface area contributed by atoms with E-state index in [0.717, 1.165) is 17.0 Å². The van der Waals surface area contributed by atoms with E-state index >= 15 is 0 Å². The minimum absolute atomic E-state index is 0.156. The summed E-state index contributed by atoms with van der Waals surface area (Å²) in [7, 11) is 1.36. The Morgan fingerprint density at radius 2 is 1.85 bits per heavy atom. The maximum absolute atomic E-state index is 13.6. The molecule has 2 aromatic rings. The number of carbonyl (C=O) groups excluding carboxylic acids is 3. The Labute approximate surface area is 164 Å². The van der Waals surface area contributed by atoms with Crippen LogP contribution in [0, 0.1) is 5.82 Å². The number of esters is 1. The highest BCUT2D eigenvalue weighted by atomic mass is 35.5. The lowest BCUT2D eigenvalue weighted by Crippen LogP contribution is -2.37. The molecule has 0 fully saturated rings. The Morgan fingerprint density at radius 1 is 1.15 bits per heavy atom. The molecule has 2 amide bonds. The molecule has 0 heterocycles. The van der Waals surface area contributed by atoms with Gasteiger partial charge in [0.15, 0.2) is 6.61 Å². The highest BCUT2D eigenvalue weighted by Gasteiger charge is 2.18. The molecular weight excluding hydrogens is 398 g/mol. The first-order chi connectivity index (χ1) is 12.8. The van der Waals surface area contributed by atoms with E-state index in [1.165, 1.54) is 13.1 Å². The first-order valence-electron chi connectivity index (χ1n) is 7.68. The molecule has 0 atom stereocenters. The maximum atomic E-state index is 13.6. The summed E-state index contributed by atoms with van der Waals surface area (Å²) in [6, 6.07) is 10.0. The van der Waals surface area contributed by atoms with Crippen LogP contribution >= 0.6 is 23.2 Å². The molecule has 0 aromatic heterocycles. The van der Waals surface area contributed by atoms with E-state index in [9.17, 15) is 18.8 Å². The topological polar surface area (TPSA) is 75.7 Å². The number of para-hydroxylation sites is 1. The zero-order valence-corrected chi connectivity index (χ0v) is 15.7. The predicted molar refractivity (Wildman–Crippen MR) is 99.4 cm³/mol. The van der Waals surface area contributed by atoms with Crippen LogP contribution in [0.2, 0.25) is 10.0 Å². The highest BCUT2D eigenvalue weighted by molar-refractivity contribution is 6.33. The number of carbonyl (C=O) groups is 3. The van der Waals surface area contributed by atoms with Crippen molar-refractivity contribution < 1.29 is 23.5 Å². The largest absolute Gasteiger partial charge is 0.452 e. The fraction of sp³-hybridized carbons (Fsp3) is 0.167. The molecule has 9 heteroatoms. The van der Waals surface area contributed by atoms with Gasteiger partial charge in [0.1, 0.15) is 5.82 Å². The molecule has 27 heavy (non-hydrogen) atoms. The summed E-state index contributed by atoms with van der Waals surface area (Å²) < 4.78 is 18.4. The van der Waals surface area contributed by atoms with Crippen molar-refractivity contribution in [1.29, 1.82) is 0 Å². The molecule has 0 aliphatic carbocycles. The summed E-state index contributed by atoms with van der Waals surface area (Å²) in [4.78, 5) is 36.9. The zero-order chi connectivity index (χ0) is 20.0. The zero-order valence-electron chi connectivity index (χ0n) is 14.2. The summed E-state index contributed by atoms with van der Waals surface area (Å²) in [6.07, 6.45) is 0. The van der Waals surface area contributed by atoms with E-state index in [1.807, 2.05) is 0 Å². The summed E-state index contributed by atoms with van der Waals surface area (Å²) in [5, 5.41) is 3.08. The van der Waals surface area contributed by atoms with Crippen molar-refractivity contribution in [3.63, 3.8) is 0 Å². The van der Waals surface area contributed by atoms with Crippen LogP contribution in [0.3, 0.4) is 0 Å². The van der Waals surface area contributed by atoms with Crippen molar-refractivity contribution in [2.75, 3.05) is 25.5 Å². The summed E-state index contributed by atoms with van der Waals surface area (Å²) >= 11 is 11.6. The average molecular weight is 413 g/mol. The smallest absolute Gasteiger partial charge is 0.341 e. The molecular formula is C18H15Cl2FN2O4. The van der Waals surface area contributed by atoms with Gasteiger partial charge in [0.2, 0.25) is 5.91 Å². The van der Waals surface area contributed by atoms with Gasteiger partial charge in [-0.2, -0.15) is 0 Å². The fourth-order valence-electron chi connectivity index (χ4n) is 2.03. The number of ether oxygens (including phenoxy) is 1. The molecule has 0 saturated carbocycles. The van der Waals surface area contributed by atoms with Gasteiger partial charge in [0.05, 0.1) is 22.8 Å². The van der Waals surface area contributed by atoms with Crippen molar-refractivity contribution in [3.8, 4) is 0 Å². The van der Waals surface area contributed by atoms with E-state index in [1.54, 1.807) is 24.3 Å². The van der Waals surface area contributed by atoms with Gasteiger partial charge in [0.25, 0.3) is 5.91 Å². The molecule has 0 radical (unpaired) electrons. The number of amides is 2. The Bertz CT molecular complexity index is 876. The van der Waals surface area contributed by atoms with Gasteiger partial charge in [0, 0.05) is 12.1 Å². The number of rotatable bonds is 6. The lowest BCUT2D eigenvalue weighted by molar-refractivity contribution is -0.136. The number of halogens is 3. The lowest BCUT2D eigenvalue weighted by Gasteiger charge is -2.17. The number of hydrogen-bond donors (Lipinski definition) is 1. The third kappa shape index (κ3) is 5.94.